The Bertz CT molecular complexity index is 590. The zero-order valence-corrected chi connectivity index (χ0v) is 14.6. The minimum absolute atomic E-state index is 0. The summed E-state index contributed by atoms with van der Waals surface area (Å²) >= 11 is 0. The van der Waals surface area contributed by atoms with Crippen molar-refractivity contribution in [2.75, 3.05) is 13.7 Å². The fourth-order valence-electron chi connectivity index (χ4n) is 1.87. The molecule has 0 spiro atoms. The minimum atomic E-state index is 0. The van der Waals surface area contributed by atoms with E-state index < -0.39 is 0 Å². The molecule has 2 nitrogen and oxygen atoms in total. The number of ether oxygens (including phenoxy) is 1. The number of allylic oxidation sites excluding steroid dienone is 3. The second-order valence-electron chi connectivity index (χ2n) is 4.34. The van der Waals surface area contributed by atoms with Crippen molar-refractivity contribution in [1.82, 2.24) is 4.90 Å². The van der Waals surface area contributed by atoms with E-state index in [-0.39, 0.29) is 39.3 Å². The number of nitrogens with zero attached hydrogens (tertiary/aromatic N) is 1. The van der Waals surface area contributed by atoms with Crippen LogP contribution in [0, 0.1) is 18.4 Å². The molecule has 1 aromatic carbocycles. The Morgan fingerprint density at radius 3 is 2.60 bits per heavy atom. The van der Waals surface area contributed by atoms with Gasteiger partial charge in [0.15, 0.2) is 0 Å². The van der Waals surface area contributed by atoms with Gasteiger partial charge in [-0.3, -0.25) is 0 Å². The predicted molar refractivity (Wildman–Crippen MR) is 78.1 cm³/mol. The molecule has 1 radical (unpaired) electrons. The summed E-state index contributed by atoms with van der Waals surface area (Å²) in [6.07, 6.45) is 10.4. The quantitative estimate of drug-likeness (QED) is 0.619. The molecular weight excluding hydrogens is 323 g/mol. The summed E-state index contributed by atoms with van der Waals surface area (Å²) in [5.74, 6) is 3.21. The van der Waals surface area contributed by atoms with E-state index in [1.165, 1.54) is 0 Å². The predicted octanol–water partition coefficient (Wildman–Crippen LogP) is 3.25. The normalized spacial score (nSPS) is 13.8. The van der Waals surface area contributed by atoms with Crippen LogP contribution in [-0.2, 0) is 32.7 Å². The third-order valence-corrected chi connectivity index (χ3v) is 3.07. The number of likely N-dealkylation sites (N-methyl/N-ethyl adjacent to an activating group) is 1. The van der Waals surface area contributed by atoms with Crippen LogP contribution in [-0.4, -0.2) is 18.6 Å². The van der Waals surface area contributed by atoms with Gasteiger partial charge in [0.1, 0.15) is 12.4 Å². The monoisotopic (exact) mass is 339 g/mol. The van der Waals surface area contributed by atoms with Gasteiger partial charge in [-0.25, -0.2) is 0 Å². The van der Waals surface area contributed by atoms with E-state index in [4.69, 9.17) is 11.2 Å². The molecule has 0 unspecified atom stereocenters. The largest absolute Gasteiger partial charge is 0.481 e. The smallest absolute Gasteiger partial charge is 0.148 e. The fourth-order valence-corrected chi connectivity index (χ4v) is 1.87. The summed E-state index contributed by atoms with van der Waals surface area (Å²) in [6.45, 7) is 6.37. The van der Waals surface area contributed by atoms with Gasteiger partial charge in [-0.15, -0.1) is 24.1 Å². The first kappa shape index (κ1) is 16.8. The fraction of sp³-hybridized carbons (Fsp3) is 0.176. The molecule has 0 bridgehead atoms. The van der Waals surface area contributed by atoms with Crippen LogP contribution in [0.25, 0.3) is 5.70 Å². The average molecular weight is 339 g/mol. The molecule has 0 saturated heterocycles. The Kier molecular flexibility index (Phi) is 6.26. The zero-order chi connectivity index (χ0) is 13.8. The van der Waals surface area contributed by atoms with Crippen LogP contribution in [0.15, 0.2) is 48.2 Å². The SMILES string of the molecule is C#CCOc1ccc(C2=[C-]C=C(C)C(=C)N2C)cc1.[Y]. The van der Waals surface area contributed by atoms with E-state index in [1.807, 2.05) is 49.2 Å². The van der Waals surface area contributed by atoms with Gasteiger partial charge in [-0.05, 0) is 17.8 Å². The zero-order valence-electron chi connectivity index (χ0n) is 11.8. The van der Waals surface area contributed by atoms with Crippen LogP contribution in [0.2, 0.25) is 0 Å². The van der Waals surface area contributed by atoms with Crippen molar-refractivity contribution in [2.24, 2.45) is 0 Å². The third kappa shape index (κ3) is 3.63. The van der Waals surface area contributed by atoms with Gasteiger partial charge in [0.25, 0.3) is 0 Å². The molecule has 1 aliphatic heterocycles. The molecule has 1 heterocycles. The van der Waals surface area contributed by atoms with Crippen molar-refractivity contribution in [2.45, 2.75) is 6.92 Å². The number of benzene rings is 1. The molecule has 2 rings (SSSR count). The Labute approximate surface area is 146 Å². The molecule has 0 N–H and O–H groups in total. The molecule has 0 atom stereocenters. The Morgan fingerprint density at radius 1 is 1.35 bits per heavy atom. The molecule has 1 aliphatic rings. The van der Waals surface area contributed by atoms with Crippen LogP contribution in [0.5, 0.6) is 5.75 Å². The maximum atomic E-state index is 5.35. The molecule has 1 aromatic rings. The van der Waals surface area contributed by atoms with Gasteiger partial charge >= 0.3 is 0 Å². The van der Waals surface area contributed by atoms with Gasteiger partial charge in [-0.2, -0.15) is 12.2 Å². The first-order valence-electron chi connectivity index (χ1n) is 6.03. The first-order chi connectivity index (χ1) is 9.13. The van der Waals surface area contributed by atoms with Crippen LogP contribution < -0.4 is 4.74 Å². The van der Waals surface area contributed by atoms with Crippen molar-refractivity contribution >= 4 is 5.70 Å². The third-order valence-electron chi connectivity index (χ3n) is 3.07. The summed E-state index contributed by atoms with van der Waals surface area (Å²) in [6, 6.07) is 7.80. The number of rotatable bonds is 3. The Hall–Kier alpha value is -1.30. The van der Waals surface area contributed by atoms with E-state index >= 15 is 0 Å². The van der Waals surface area contributed by atoms with Gasteiger partial charge in [0.05, 0.1) is 0 Å². The summed E-state index contributed by atoms with van der Waals surface area (Å²) in [5.41, 5.74) is 4.18. The van der Waals surface area contributed by atoms with Gasteiger partial charge in [0.2, 0.25) is 0 Å². The van der Waals surface area contributed by atoms with Crippen molar-refractivity contribution < 1.29 is 37.4 Å². The maximum absolute atomic E-state index is 5.35. The first-order valence-corrected chi connectivity index (χ1v) is 6.03. The standard InChI is InChI=1S/C17H16NO.Y/c1-5-12-19-16-9-7-15(8-10-16)17-11-6-13(2)14(3)18(17)4;/h1,6-10H,3,12H2,2,4H3;/q-1;. The van der Waals surface area contributed by atoms with Crippen LogP contribution >= 0.6 is 0 Å². The van der Waals surface area contributed by atoms with Crippen molar-refractivity contribution in [1.29, 1.82) is 0 Å². The molecule has 0 aromatic heterocycles. The number of hydrogen-bond donors (Lipinski definition) is 0. The molecule has 0 amide bonds. The second kappa shape index (κ2) is 7.48. The number of terminal acetylenes is 1. The second-order valence-corrected chi connectivity index (χ2v) is 4.34. The summed E-state index contributed by atoms with van der Waals surface area (Å²) < 4.78 is 5.35. The van der Waals surface area contributed by atoms with Gasteiger partial charge < -0.3 is 9.64 Å². The molecule has 99 valence electrons. The van der Waals surface area contributed by atoms with E-state index in [0.29, 0.717) is 0 Å². The summed E-state index contributed by atoms with van der Waals surface area (Å²) in [7, 11) is 1.99. The summed E-state index contributed by atoms with van der Waals surface area (Å²) in [5, 5.41) is 0. The molecule has 20 heavy (non-hydrogen) atoms. The topological polar surface area (TPSA) is 12.5 Å². The van der Waals surface area contributed by atoms with Crippen molar-refractivity contribution in [3.05, 3.63) is 59.8 Å². The van der Waals surface area contributed by atoms with Gasteiger partial charge in [0, 0.05) is 39.8 Å². The Balaban J connectivity index is 0.00000200. The maximum Gasteiger partial charge on any atom is 0.148 e. The average Bonchev–Trinajstić information content (AvgIpc) is 2.44. The molecule has 3 heteroatoms. The number of hydrogen-bond acceptors (Lipinski definition) is 2. The molecular formula is C17H16NOY-. The van der Waals surface area contributed by atoms with Crippen LogP contribution in [0.4, 0.5) is 0 Å². The van der Waals surface area contributed by atoms with Crippen LogP contribution in [0.3, 0.4) is 0 Å². The van der Waals surface area contributed by atoms with E-state index in [0.717, 1.165) is 28.3 Å². The molecule has 0 aliphatic carbocycles. The minimum Gasteiger partial charge on any atom is -0.481 e. The van der Waals surface area contributed by atoms with Crippen molar-refractivity contribution in [3.63, 3.8) is 0 Å². The van der Waals surface area contributed by atoms with E-state index in [1.54, 1.807) is 0 Å². The van der Waals surface area contributed by atoms with E-state index in [9.17, 15) is 0 Å². The summed E-state index contributed by atoms with van der Waals surface area (Å²) in [4.78, 5) is 2.03. The van der Waals surface area contributed by atoms with Gasteiger partial charge in [-0.1, -0.05) is 30.7 Å². The molecule has 0 saturated carbocycles. The molecule has 0 fully saturated rings. The Morgan fingerprint density at radius 2 is 2.00 bits per heavy atom. The van der Waals surface area contributed by atoms with Crippen LogP contribution in [0.1, 0.15) is 12.5 Å². The van der Waals surface area contributed by atoms with E-state index in [2.05, 4.69) is 18.6 Å². The van der Waals surface area contributed by atoms with Crippen molar-refractivity contribution in [3.8, 4) is 18.1 Å².